The molecule has 1 aromatic heterocycles. The number of fused-ring (bicyclic) bond motifs is 3. The first kappa shape index (κ1) is 31.0. The van der Waals surface area contributed by atoms with E-state index in [1.54, 1.807) is 36.1 Å². The van der Waals surface area contributed by atoms with E-state index in [-0.39, 0.29) is 43.0 Å². The van der Waals surface area contributed by atoms with Crippen molar-refractivity contribution < 1.29 is 37.0 Å². The fraction of sp³-hybridized carbons (Fsp3) is 0.448. The van der Waals surface area contributed by atoms with Gasteiger partial charge in [0, 0.05) is 30.1 Å². The number of hydrogen-bond acceptors (Lipinski definition) is 8. The molecule has 2 aliphatic rings. The van der Waals surface area contributed by atoms with Crippen LogP contribution in [0.1, 0.15) is 59.5 Å². The third-order valence-corrected chi connectivity index (χ3v) is 9.23. The van der Waals surface area contributed by atoms with Crippen molar-refractivity contribution in [3.8, 4) is 17.2 Å². The average Bonchev–Trinajstić information content (AvgIpc) is 3.40. The number of ether oxygens (including phenoxy) is 3. The zero-order valence-electron chi connectivity index (χ0n) is 23.7. The predicted molar refractivity (Wildman–Crippen MR) is 154 cm³/mol. The van der Waals surface area contributed by atoms with Crippen LogP contribution in [0, 0.1) is 5.92 Å². The monoisotopic (exact) mass is 638 g/mol. The number of nitrogens with zero attached hydrogens (tertiary/aromatic N) is 4. The van der Waals surface area contributed by atoms with Gasteiger partial charge in [-0.25, -0.2) is 0 Å². The van der Waals surface area contributed by atoms with E-state index >= 15 is 0 Å². The summed E-state index contributed by atoms with van der Waals surface area (Å²) in [6.45, 7) is 2.56. The molecule has 5 rings (SSSR count). The fourth-order valence-corrected chi connectivity index (χ4v) is 7.30. The lowest BCUT2D eigenvalue weighted by atomic mass is 9.98. The maximum atomic E-state index is 14.3. The summed E-state index contributed by atoms with van der Waals surface area (Å²) in [7, 11) is 2.98. The Morgan fingerprint density at radius 3 is 2.60 bits per heavy atom. The molecule has 230 valence electrons. The van der Waals surface area contributed by atoms with Gasteiger partial charge in [0.05, 0.1) is 42.9 Å². The highest BCUT2D eigenvalue weighted by Crippen LogP contribution is 2.54. The first-order valence-electron chi connectivity index (χ1n) is 13.7. The number of likely N-dealkylation sites (tertiary alicyclic amines) is 1. The molecule has 43 heavy (non-hydrogen) atoms. The molecule has 1 amide bonds. The Bertz CT molecular complexity index is 1520. The molecule has 3 atom stereocenters. The summed E-state index contributed by atoms with van der Waals surface area (Å²) in [6.07, 6.45) is -3.80. The SMILES string of the molecule is CCOC(=O)[C@H]1CCCN(C(=O)C[C@H]2S[C@H](c3cccc(OC)c3OC)c3cc(Cl)ccc3-n3c2nnc3C(F)(F)F)C1. The zero-order chi connectivity index (χ0) is 30.9. The van der Waals surface area contributed by atoms with Crippen molar-refractivity contribution in [2.75, 3.05) is 33.9 Å². The summed E-state index contributed by atoms with van der Waals surface area (Å²) >= 11 is 7.66. The molecule has 0 saturated carbocycles. The minimum atomic E-state index is -4.82. The van der Waals surface area contributed by atoms with E-state index in [4.69, 9.17) is 25.8 Å². The largest absolute Gasteiger partial charge is 0.493 e. The number of aromatic nitrogens is 3. The lowest BCUT2D eigenvalue weighted by molar-refractivity contribution is -0.151. The number of piperidine rings is 1. The van der Waals surface area contributed by atoms with Crippen LogP contribution in [0.15, 0.2) is 36.4 Å². The standard InChI is InChI=1S/C29H30ClF3N4O5S/c1-4-42-27(39)16-7-6-12-36(15-16)23(38)14-22-26-34-35-28(29(31,32)33)37(26)20-11-10-17(30)13-19(20)25(43-22)18-8-5-9-21(40-2)24(18)41-3/h5,8-11,13,16,22,25H,4,6-7,12,14-15H2,1-3H3/t16-,22+,25+/m0/s1. The molecule has 0 unspecified atom stereocenters. The molecule has 3 heterocycles. The molecule has 2 aliphatic heterocycles. The molecular weight excluding hydrogens is 609 g/mol. The van der Waals surface area contributed by atoms with Crippen LogP contribution in [0.25, 0.3) is 5.69 Å². The van der Waals surface area contributed by atoms with E-state index in [1.807, 2.05) is 0 Å². The van der Waals surface area contributed by atoms with Crippen LogP contribution in [-0.2, 0) is 20.5 Å². The van der Waals surface area contributed by atoms with Crippen molar-refractivity contribution in [1.29, 1.82) is 0 Å². The normalized spacial score (nSPS) is 20.1. The Labute approximate surface area is 255 Å². The van der Waals surface area contributed by atoms with Gasteiger partial charge in [-0.3, -0.25) is 14.2 Å². The summed E-state index contributed by atoms with van der Waals surface area (Å²) in [5.41, 5.74) is 1.28. The average molecular weight is 639 g/mol. The van der Waals surface area contributed by atoms with Gasteiger partial charge in [0.25, 0.3) is 0 Å². The van der Waals surface area contributed by atoms with E-state index in [0.29, 0.717) is 47.0 Å². The summed E-state index contributed by atoms with van der Waals surface area (Å²) in [5.74, 6) is -1.51. The van der Waals surface area contributed by atoms with Crippen LogP contribution in [0.4, 0.5) is 13.2 Å². The Morgan fingerprint density at radius 1 is 1.12 bits per heavy atom. The van der Waals surface area contributed by atoms with Crippen LogP contribution in [0.5, 0.6) is 11.5 Å². The number of rotatable bonds is 7. The van der Waals surface area contributed by atoms with Crippen LogP contribution >= 0.6 is 23.4 Å². The molecular formula is C29H30ClF3N4O5S. The van der Waals surface area contributed by atoms with E-state index < -0.39 is 28.4 Å². The topological polar surface area (TPSA) is 95.8 Å². The van der Waals surface area contributed by atoms with Crippen LogP contribution in [0.3, 0.4) is 0 Å². The number of benzene rings is 2. The van der Waals surface area contributed by atoms with Crippen molar-refractivity contribution in [3.63, 3.8) is 0 Å². The molecule has 0 bridgehead atoms. The number of hydrogen-bond donors (Lipinski definition) is 0. The fourth-order valence-electron chi connectivity index (χ4n) is 5.61. The van der Waals surface area contributed by atoms with Crippen molar-refractivity contribution in [2.24, 2.45) is 5.92 Å². The second-order valence-corrected chi connectivity index (χ2v) is 11.9. The van der Waals surface area contributed by atoms with Gasteiger partial charge in [0.2, 0.25) is 11.7 Å². The number of carbonyl (C=O) groups excluding carboxylic acids is 2. The molecule has 2 aromatic carbocycles. The van der Waals surface area contributed by atoms with Gasteiger partial charge in [-0.2, -0.15) is 13.2 Å². The highest BCUT2D eigenvalue weighted by molar-refractivity contribution is 8.00. The summed E-state index contributed by atoms with van der Waals surface area (Å²) < 4.78 is 60.3. The van der Waals surface area contributed by atoms with Gasteiger partial charge in [-0.05, 0) is 49.6 Å². The minimum Gasteiger partial charge on any atom is -0.493 e. The molecule has 0 radical (unpaired) electrons. The van der Waals surface area contributed by atoms with Crippen molar-refractivity contribution in [1.82, 2.24) is 19.7 Å². The second-order valence-electron chi connectivity index (χ2n) is 10.1. The quantitative estimate of drug-likeness (QED) is 0.290. The molecule has 0 N–H and O–H groups in total. The smallest absolute Gasteiger partial charge is 0.452 e. The predicted octanol–water partition coefficient (Wildman–Crippen LogP) is 6.03. The van der Waals surface area contributed by atoms with Gasteiger partial charge >= 0.3 is 12.1 Å². The number of alkyl halides is 3. The molecule has 1 fully saturated rings. The second kappa shape index (κ2) is 12.7. The summed E-state index contributed by atoms with van der Waals surface area (Å²) in [4.78, 5) is 27.7. The minimum absolute atomic E-state index is 0.0161. The number of methoxy groups -OCH3 is 2. The summed E-state index contributed by atoms with van der Waals surface area (Å²) in [5, 5.41) is 6.36. The maximum absolute atomic E-state index is 14.3. The van der Waals surface area contributed by atoms with Crippen LogP contribution < -0.4 is 9.47 Å². The Balaban J connectivity index is 1.61. The third-order valence-electron chi connectivity index (χ3n) is 7.51. The molecule has 0 spiro atoms. The molecule has 9 nitrogen and oxygen atoms in total. The van der Waals surface area contributed by atoms with Gasteiger partial charge in [-0.1, -0.05) is 23.7 Å². The number of amides is 1. The molecule has 1 saturated heterocycles. The van der Waals surface area contributed by atoms with Crippen LogP contribution in [-0.4, -0.2) is 65.5 Å². The molecule has 14 heteroatoms. The number of thioether (sulfide) groups is 1. The van der Waals surface area contributed by atoms with Gasteiger partial charge < -0.3 is 19.1 Å². The number of carbonyl (C=O) groups is 2. The highest BCUT2D eigenvalue weighted by atomic mass is 35.5. The van der Waals surface area contributed by atoms with E-state index in [0.717, 1.165) is 4.57 Å². The van der Waals surface area contributed by atoms with Gasteiger partial charge in [-0.15, -0.1) is 22.0 Å². The van der Waals surface area contributed by atoms with Crippen molar-refractivity contribution in [2.45, 2.75) is 42.9 Å². The highest BCUT2D eigenvalue weighted by Gasteiger charge is 2.44. The third kappa shape index (κ3) is 6.14. The molecule has 0 aliphatic carbocycles. The van der Waals surface area contributed by atoms with Gasteiger partial charge in [0.15, 0.2) is 17.3 Å². The Kier molecular flexibility index (Phi) is 9.12. The molecule has 3 aromatic rings. The first-order valence-corrected chi connectivity index (χ1v) is 15.0. The van der Waals surface area contributed by atoms with E-state index in [9.17, 15) is 22.8 Å². The Morgan fingerprint density at radius 2 is 1.91 bits per heavy atom. The zero-order valence-corrected chi connectivity index (χ0v) is 25.3. The lowest BCUT2D eigenvalue weighted by Crippen LogP contribution is -2.43. The van der Waals surface area contributed by atoms with Crippen molar-refractivity contribution >= 4 is 35.2 Å². The number of para-hydroxylation sites is 1. The van der Waals surface area contributed by atoms with E-state index in [2.05, 4.69) is 10.2 Å². The maximum Gasteiger partial charge on any atom is 0.452 e. The lowest BCUT2D eigenvalue weighted by Gasteiger charge is -2.32. The first-order chi connectivity index (χ1) is 20.6. The van der Waals surface area contributed by atoms with E-state index in [1.165, 1.54) is 38.1 Å². The van der Waals surface area contributed by atoms with Crippen LogP contribution in [0.2, 0.25) is 5.02 Å². The summed E-state index contributed by atoms with van der Waals surface area (Å²) in [6, 6.07) is 9.89. The number of esters is 1. The van der Waals surface area contributed by atoms with Crippen molar-refractivity contribution in [3.05, 3.63) is 64.2 Å². The Hall–Kier alpha value is -3.45. The van der Waals surface area contributed by atoms with Gasteiger partial charge in [0.1, 0.15) is 0 Å². The number of halogens is 4.